The van der Waals surface area contributed by atoms with E-state index in [0.717, 1.165) is 23.7 Å². The molecular weight excluding hydrogens is 332 g/mol. The summed E-state index contributed by atoms with van der Waals surface area (Å²) in [6.07, 6.45) is 11.8. The lowest BCUT2D eigenvalue weighted by atomic mass is 9.86. The minimum Gasteiger partial charge on any atom is -0.508 e. The fourth-order valence-corrected chi connectivity index (χ4v) is 2.77. The predicted octanol–water partition coefficient (Wildman–Crippen LogP) is 2.46. The van der Waals surface area contributed by atoms with Crippen molar-refractivity contribution in [2.24, 2.45) is 11.0 Å². The van der Waals surface area contributed by atoms with Crippen molar-refractivity contribution in [1.29, 1.82) is 0 Å². The van der Waals surface area contributed by atoms with Gasteiger partial charge >= 0.3 is 0 Å². The molecule has 26 heavy (non-hydrogen) atoms. The molecule has 6 heteroatoms. The van der Waals surface area contributed by atoms with Crippen LogP contribution in [0.4, 0.5) is 0 Å². The van der Waals surface area contributed by atoms with Gasteiger partial charge in [0.1, 0.15) is 24.2 Å². The first kappa shape index (κ1) is 16.4. The minimum absolute atomic E-state index is 0.0692. The number of fused-ring (bicyclic) bond motifs is 1. The molecule has 2 aliphatic carbocycles. The van der Waals surface area contributed by atoms with Crippen molar-refractivity contribution in [3.05, 3.63) is 77.6 Å². The summed E-state index contributed by atoms with van der Waals surface area (Å²) in [6.45, 7) is 1.29. The zero-order chi connectivity index (χ0) is 17.9. The number of carbonyl (C=O) groups excluding carboxylic acids is 1. The van der Waals surface area contributed by atoms with Gasteiger partial charge in [0.25, 0.3) is 5.91 Å². The molecule has 0 saturated carbocycles. The highest BCUT2D eigenvalue weighted by Gasteiger charge is 2.27. The largest absolute Gasteiger partial charge is 0.508 e. The predicted molar refractivity (Wildman–Crippen MR) is 96.6 cm³/mol. The summed E-state index contributed by atoms with van der Waals surface area (Å²) < 4.78 is 11.0. The van der Waals surface area contributed by atoms with Crippen LogP contribution in [0.1, 0.15) is 10.4 Å². The summed E-state index contributed by atoms with van der Waals surface area (Å²) in [7, 11) is 0. The Labute approximate surface area is 150 Å². The second kappa shape index (κ2) is 7.01. The van der Waals surface area contributed by atoms with Gasteiger partial charge in [-0.2, -0.15) is 5.10 Å². The van der Waals surface area contributed by atoms with Gasteiger partial charge in [-0.25, -0.2) is 5.43 Å². The zero-order valence-electron chi connectivity index (χ0n) is 14.0. The molecule has 6 nitrogen and oxygen atoms in total. The first-order valence-corrected chi connectivity index (χ1v) is 8.39. The van der Waals surface area contributed by atoms with Gasteiger partial charge in [-0.3, -0.25) is 4.79 Å². The third kappa shape index (κ3) is 3.60. The summed E-state index contributed by atoms with van der Waals surface area (Å²) in [5.74, 6) is 0.510. The van der Waals surface area contributed by atoms with Crippen LogP contribution in [0.5, 0.6) is 5.75 Å². The van der Waals surface area contributed by atoms with Crippen LogP contribution in [0.2, 0.25) is 0 Å². The standard InChI is InChI=1S/C20H18N2O4/c23-14-7-5-13(6-8-14)20(24)22-21-18-9-10-19(26-12-15-11-25-15)17-4-2-1-3-16(17)18/h1-10,15-16,23H,11-12H2,(H,22,24). The number of aromatic hydroxyl groups is 1. The van der Waals surface area contributed by atoms with Gasteiger partial charge in [-0.05, 0) is 36.4 Å². The molecular formula is C20H18N2O4. The van der Waals surface area contributed by atoms with Crippen LogP contribution in [-0.4, -0.2) is 36.0 Å². The van der Waals surface area contributed by atoms with Gasteiger partial charge in [-0.1, -0.05) is 24.3 Å². The number of epoxide rings is 1. The van der Waals surface area contributed by atoms with E-state index in [1.807, 2.05) is 36.5 Å². The Bertz CT molecular complexity index is 858. The lowest BCUT2D eigenvalue weighted by molar-refractivity contribution is 0.0954. The smallest absolute Gasteiger partial charge is 0.271 e. The molecule has 1 amide bonds. The van der Waals surface area contributed by atoms with Gasteiger partial charge in [0.2, 0.25) is 0 Å². The first-order valence-electron chi connectivity index (χ1n) is 8.39. The number of phenolic OH excluding ortho intramolecular Hbond substituents is 1. The molecule has 0 radical (unpaired) electrons. The molecule has 4 rings (SSSR count). The van der Waals surface area contributed by atoms with Gasteiger partial charge in [0.05, 0.1) is 18.2 Å². The van der Waals surface area contributed by atoms with Gasteiger partial charge < -0.3 is 14.6 Å². The van der Waals surface area contributed by atoms with Crippen molar-refractivity contribution in [3.8, 4) is 5.75 Å². The van der Waals surface area contributed by atoms with E-state index in [4.69, 9.17) is 9.47 Å². The second-order valence-corrected chi connectivity index (χ2v) is 6.17. The SMILES string of the molecule is O=C(NN=C1C=CC(OCC2CO2)=C2C=CC=CC12)c1ccc(O)cc1. The van der Waals surface area contributed by atoms with Gasteiger partial charge in [-0.15, -0.1) is 0 Å². The van der Waals surface area contributed by atoms with E-state index in [9.17, 15) is 9.90 Å². The number of hydrazone groups is 1. The number of nitrogens with one attached hydrogen (secondary N) is 1. The number of phenols is 1. The summed E-state index contributed by atoms with van der Waals surface area (Å²) in [5, 5.41) is 13.6. The van der Waals surface area contributed by atoms with Crippen LogP contribution in [-0.2, 0) is 9.47 Å². The van der Waals surface area contributed by atoms with Crippen molar-refractivity contribution in [2.45, 2.75) is 6.10 Å². The Hall–Kier alpha value is -3.12. The van der Waals surface area contributed by atoms with Crippen molar-refractivity contribution < 1.29 is 19.4 Å². The van der Waals surface area contributed by atoms with Crippen molar-refractivity contribution in [1.82, 2.24) is 5.43 Å². The molecule has 0 spiro atoms. The summed E-state index contributed by atoms with van der Waals surface area (Å²) in [4.78, 5) is 12.2. The number of allylic oxidation sites excluding steroid dienone is 7. The lowest BCUT2D eigenvalue weighted by Gasteiger charge is -2.24. The third-order valence-corrected chi connectivity index (χ3v) is 4.28. The van der Waals surface area contributed by atoms with E-state index in [2.05, 4.69) is 10.5 Å². The molecule has 2 unspecified atom stereocenters. The molecule has 3 aliphatic rings. The van der Waals surface area contributed by atoms with Crippen LogP contribution < -0.4 is 5.43 Å². The fraction of sp³-hybridized carbons (Fsp3) is 0.200. The Kier molecular flexibility index (Phi) is 4.41. The molecule has 2 atom stereocenters. The number of hydrogen-bond donors (Lipinski definition) is 2. The molecule has 1 heterocycles. The van der Waals surface area contributed by atoms with Crippen molar-refractivity contribution in [2.75, 3.05) is 13.2 Å². The zero-order valence-corrected chi connectivity index (χ0v) is 14.0. The van der Waals surface area contributed by atoms with E-state index in [1.165, 1.54) is 12.1 Å². The average molecular weight is 350 g/mol. The molecule has 132 valence electrons. The summed E-state index contributed by atoms with van der Waals surface area (Å²) >= 11 is 0. The van der Waals surface area contributed by atoms with Crippen LogP contribution in [0, 0.1) is 5.92 Å². The van der Waals surface area contributed by atoms with Gasteiger partial charge in [0.15, 0.2) is 0 Å². The lowest BCUT2D eigenvalue weighted by Crippen LogP contribution is -2.25. The van der Waals surface area contributed by atoms with Crippen LogP contribution in [0.3, 0.4) is 0 Å². The highest BCUT2D eigenvalue weighted by Crippen LogP contribution is 2.30. The topological polar surface area (TPSA) is 83.5 Å². The maximum Gasteiger partial charge on any atom is 0.271 e. The van der Waals surface area contributed by atoms with Gasteiger partial charge in [0, 0.05) is 11.1 Å². The molecule has 0 bridgehead atoms. The van der Waals surface area contributed by atoms with E-state index in [1.54, 1.807) is 12.1 Å². The number of carbonyl (C=O) groups is 1. The second-order valence-electron chi connectivity index (χ2n) is 6.17. The average Bonchev–Trinajstić information content (AvgIpc) is 3.50. The highest BCUT2D eigenvalue weighted by atomic mass is 16.6. The van der Waals surface area contributed by atoms with Crippen LogP contribution in [0.25, 0.3) is 0 Å². The monoisotopic (exact) mass is 350 g/mol. The number of benzene rings is 1. The highest BCUT2D eigenvalue weighted by molar-refractivity contribution is 6.03. The first-order chi connectivity index (χ1) is 12.7. The van der Waals surface area contributed by atoms with Crippen molar-refractivity contribution in [3.63, 3.8) is 0 Å². The molecule has 1 saturated heterocycles. The normalized spacial score (nSPS) is 24.5. The van der Waals surface area contributed by atoms with Crippen molar-refractivity contribution >= 4 is 11.6 Å². The minimum atomic E-state index is -0.334. The summed E-state index contributed by atoms with van der Waals surface area (Å²) in [6, 6.07) is 6.01. The maximum atomic E-state index is 12.2. The van der Waals surface area contributed by atoms with E-state index < -0.39 is 0 Å². The Morgan fingerprint density at radius 3 is 2.81 bits per heavy atom. The maximum absolute atomic E-state index is 12.2. The number of hydrogen-bond acceptors (Lipinski definition) is 5. The van der Waals surface area contributed by atoms with E-state index >= 15 is 0 Å². The molecule has 1 aromatic carbocycles. The molecule has 1 aliphatic heterocycles. The quantitative estimate of drug-likeness (QED) is 0.631. The number of nitrogens with zero attached hydrogens (tertiary/aromatic N) is 1. The van der Waals surface area contributed by atoms with Crippen LogP contribution in [0.15, 0.2) is 77.2 Å². The molecule has 2 N–H and O–H groups in total. The number of ether oxygens (including phenoxy) is 2. The molecule has 1 aromatic rings. The Morgan fingerprint density at radius 2 is 2.04 bits per heavy atom. The fourth-order valence-electron chi connectivity index (χ4n) is 2.77. The number of rotatable bonds is 5. The Balaban J connectivity index is 1.48. The molecule has 0 aromatic heterocycles. The number of amides is 1. The molecule has 1 fully saturated rings. The third-order valence-electron chi connectivity index (χ3n) is 4.28. The van der Waals surface area contributed by atoms with Crippen LogP contribution >= 0.6 is 0 Å². The Morgan fingerprint density at radius 1 is 1.23 bits per heavy atom. The summed E-state index contributed by atoms with van der Waals surface area (Å²) in [5.41, 5.74) is 4.73. The van der Waals surface area contributed by atoms with E-state index in [0.29, 0.717) is 12.2 Å². The van der Waals surface area contributed by atoms with E-state index in [-0.39, 0.29) is 23.7 Å².